The lowest BCUT2D eigenvalue weighted by Crippen LogP contribution is -2.45. The van der Waals surface area contributed by atoms with E-state index in [9.17, 15) is 13.9 Å². The first-order chi connectivity index (χ1) is 21.7. The predicted octanol–water partition coefficient (Wildman–Crippen LogP) is 5.81. The molecule has 2 aromatic carbocycles. The molecule has 238 valence electrons. The number of hydrogen-bond acceptors (Lipinski definition) is 10. The van der Waals surface area contributed by atoms with Gasteiger partial charge in [-0.25, -0.2) is 9.67 Å². The first-order valence-corrected chi connectivity index (χ1v) is 17.1. The van der Waals surface area contributed by atoms with Crippen LogP contribution in [0, 0.1) is 6.92 Å². The van der Waals surface area contributed by atoms with E-state index in [1.54, 1.807) is 23.0 Å². The number of carbonyl (C=O) groups excluding carboxylic acids is 1. The molecule has 1 saturated carbocycles. The fourth-order valence-corrected chi connectivity index (χ4v) is 8.35. The van der Waals surface area contributed by atoms with E-state index >= 15 is 0 Å². The molecule has 2 fully saturated rings. The van der Waals surface area contributed by atoms with Crippen LogP contribution in [0.4, 0.5) is 5.82 Å². The lowest BCUT2D eigenvalue weighted by Gasteiger charge is -2.42. The van der Waals surface area contributed by atoms with Crippen LogP contribution in [0.2, 0.25) is 0 Å². The molecule has 1 unspecified atom stereocenters. The van der Waals surface area contributed by atoms with Crippen molar-refractivity contribution in [1.82, 2.24) is 24.3 Å². The second-order valence-electron chi connectivity index (χ2n) is 12.4. The molecule has 45 heavy (non-hydrogen) atoms. The average Bonchev–Trinajstić information content (AvgIpc) is 3.80. The van der Waals surface area contributed by atoms with E-state index < -0.39 is 10.8 Å². The highest BCUT2D eigenvalue weighted by Crippen LogP contribution is 2.58. The van der Waals surface area contributed by atoms with Gasteiger partial charge in [0, 0.05) is 44.8 Å². The van der Waals surface area contributed by atoms with Crippen molar-refractivity contribution in [2.75, 3.05) is 25.1 Å². The summed E-state index contributed by atoms with van der Waals surface area (Å²) in [7, 11) is -0.0630. The molecule has 0 amide bonds. The van der Waals surface area contributed by atoms with Crippen molar-refractivity contribution in [3.63, 3.8) is 0 Å². The average molecular weight is 633 g/mol. The van der Waals surface area contributed by atoms with E-state index in [4.69, 9.17) is 9.47 Å². The number of fused-ring (bicyclic) bond motifs is 4. The summed E-state index contributed by atoms with van der Waals surface area (Å²) in [4.78, 5) is 20.1. The van der Waals surface area contributed by atoms with E-state index in [0.29, 0.717) is 35.1 Å². The number of piperidine rings is 1. The summed E-state index contributed by atoms with van der Waals surface area (Å²) in [6.07, 6.45) is 7.19. The van der Waals surface area contributed by atoms with Crippen LogP contribution < -0.4 is 9.64 Å². The molecule has 11 nitrogen and oxygen atoms in total. The minimum Gasteiger partial charge on any atom is -0.488 e. The van der Waals surface area contributed by atoms with Crippen molar-refractivity contribution in [3.05, 3.63) is 70.9 Å². The smallest absolute Gasteiger partial charge is 0.306 e. The lowest BCUT2D eigenvalue weighted by molar-refractivity contribution is -0.140. The summed E-state index contributed by atoms with van der Waals surface area (Å²) in [5.74, 6) is 0.724. The van der Waals surface area contributed by atoms with Crippen LogP contribution in [-0.4, -0.2) is 71.7 Å². The molecule has 2 N–H and O–H groups in total. The summed E-state index contributed by atoms with van der Waals surface area (Å²) in [5, 5.41) is 8.60. The number of pyridine rings is 1. The zero-order valence-corrected chi connectivity index (χ0v) is 26.7. The molecule has 4 aromatic rings. The summed E-state index contributed by atoms with van der Waals surface area (Å²) < 4.78 is 38.6. The summed E-state index contributed by atoms with van der Waals surface area (Å²) in [5.41, 5.74) is 5.34. The van der Waals surface area contributed by atoms with Crippen LogP contribution in [0.1, 0.15) is 66.7 Å². The van der Waals surface area contributed by atoms with Crippen molar-refractivity contribution in [2.24, 2.45) is 7.05 Å². The number of hydrogen-bond donors (Lipinski definition) is 2. The number of aromatic nitrogens is 4. The van der Waals surface area contributed by atoms with Gasteiger partial charge in [-0.2, -0.15) is 4.31 Å². The minimum absolute atomic E-state index is 0.128. The van der Waals surface area contributed by atoms with Gasteiger partial charge in [-0.1, -0.05) is 23.4 Å². The Kier molecular flexibility index (Phi) is 7.93. The first kappa shape index (κ1) is 30.0. The molecule has 2 aliphatic heterocycles. The van der Waals surface area contributed by atoms with Gasteiger partial charge in [0.2, 0.25) is 0 Å². The Morgan fingerprint density at radius 1 is 1.11 bits per heavy atom. The third-order valence-electron chi connectivity index (χ3n) is 9.35. The summed E-state index contributed by atoms with van der Waals surface area (Å²) >= 11 is 0. The normalized spacial score (nSPS) is 21.0. The number of nitrogens with zero attached hydrogens (tertiary/aromatic N) is 6. The van der Waals surface area contributed by atoms with Crippen LogP contribution in [0.15, 0.2) is 53.6 Å². The third kappa shape index (κ3) is 5.76. The fourth-order valence-electron chi connectivity index (χ4n) is 6.69. The molecular weight excluding hydrogens is 592 g/mol. The highest BCUT2D eigenvalue weighted by atomic mass is 32.3. The molecule has 0 bridgehead atoms. The Hall–Kier alpha value is -3.71. The fraction of sp³-hybridized carbons (Fsp3) is 0.455. The van der Waals surface area contributed by atoms with Crippen LogP contribution in [0.5, 0.6) is 5.75 Å². The van der Waals surface area contributed by atoms with Crippen LogP contribution in [-0.2, 0) is 23.1 Å². The molecule has 12 heteroatoms. The predicted molar refractivity (Wildman–Crippen MR) is 173 cm³/mol. The van der Waals surface area contributed by atoms with Gasteiger partial charge in [0.25, 0.3) is 0 Å². The van der Waals surface area contributed by atoms with Gasteiger partial charge in [-0.15, -0.1) is 15.9 Å². The molecular formula is C33H40N6O5S. The van der Waals surface area contributed by atoms with Gasteiger partial charge < -0.3 is 14.4 Å². The molecule has 1 aliphatic carbocycles. The molecule has 7 rings (SSSR count). The van der Waals surface area contributed by atoms with Crippen LogP contribution >= 0.6 is 10.8 Å². The number of rotatable bonds is 8. The van der Waals surface area contributed by atoms with E-state index in [1.165, 1.54) is 7.11 Å². The van der Waals surface area contributed by atoms with E-state index in [0.717, 1.165) is 66.4 Å². The van der Waals surface area contributed by atoms with Gasteiger partial charge in [-0.3, -0.25) is 13.9 Å². The SMILES string of the molecule is COC(=O)CC(c1ccc(C)c(CN2C[C@H]3CCCCN3c3ncccc3S2(O)O)c1)c1cc(OC2CC2)c2c(c1)nnn2C. The van der Waals surface area contributed by atoms with Gasteiger partial charge in [0.05, 0.1) is 19.6 Å². The monoisotopic (exact) mass is 632 g/mol. The Labute approximate surface area is 264 Å². The molecule has 0 radical (unpaired) electrons. The van der Waals surface area contributed by atoms with E-state index in [-0.39, 0.29) is 30.5 Å². The number of benzene rings is 2. The maximum atomic E-state index is 12.8. The maximum absolute atomic E-state index is 12.8. The molecule has 2 atom stereocenters. The topological polar surface area (TPSA) is 126 Å². The third-order valence-corrected chi connectivity index (χ3v) is 11.3. The number of carbonyl (C=O) groups is 1. The second-order valence-corrected chi connectivity index (χ2v) is 14.4. The van der Waals surface area contributed by atoms with Crippen molar-refractivity contribution in [2.45, 2.75) is 75.0 Å². The Bertz CT molecular complexity index is 1740. The van der Waals surface area contributed by atoms with Gasteiger partial charge >= 0.3 is 5.97 Å². The van der Waals surface area contributed by atoms with E-state index in [2.05, 4.69) is 26.3 Å². The maximum Gasteiger partial charge on any atom is 0.306 e. The van der Waals surface area contributed by atoms with Crippen molar-refractivity contribution in [1.29, 1.82) is 0 Å². The molecule has 0 spiro atoms. The molecule has 3 aliphatic rings. The molecule has 4 heterocycles. The molecule has 2 aromatic heterocycles. The highest BCUT2D eigenvalue weighted by molar-refractivity contribution is 8.22. The van der Waals surface area contributed by atoms with Gasteiger partial charge in [0.15, 0.2) is 5.82 Å². The zero-order chi connectivity index (χ0) is 31.3. The number of aryl methyl sites for hydroxylation is 2. The number of ether oxygens (including phenoxy) is 2. The number of anilines is 1. The lowest BCUT2D eigenvalue weighted by atomic mass is 9.86. The highest BCUT2D eigenvalue weighted by Gasteiger charge is 2.39. The Morgan fingerprint density at radius 2 is 1.96 bits per heavy atom. The first-order valence-electron chi connectivity index (χ1n) is 15.6. The summed E-state index contributed by atoms with van der Waals surface area (Å²) in [6.45, 7) is 3.74. The molecule has 1 saturated heterocycles. The minimum atomic E-state index is -3.31. The van der Waals surface area contributed by atoms with Gasteiger partial charge in [-0.05, 0) is 85.5 Å². The van der Waals surface area contributed by atoms with Crippen molar-refractivity contribution in [3.8, 4) is 5.75 Å². The largest absolute Gasteiger partial charge is 0.488 e. The van der Waals surface area contributed by atoms with Crippen molar-refractivity contribution >= 4 is 33.6 Å². The summed E-state index contributed by atoms with van der Waals surface area (Å²) in [6, 6.07) is 13.9. The van der Waals surface area contributed by atoms with E-state index in [1.807, 2.05) is 42.5 Å². The zero-order valence-electron chi connectivity index (χ0n) is 25.9. The standard InChI is InChI=1S/C33H40N6O5S/c1-21-9-10-22(27(18-31(40)43-3)23-16-28-32(37(2)36-35-28)29(17-23)44-26-11-12-26)15-24(21)19-38-20-25-7-4-5-14-39(25)33-30(45(38,41)42)8-6-13-34-33/h6,8-10,13,15-17,25-27,41-42H,4-5,7,11-12,14,18-20H2,1-3H3/t25-,27?/m1/s1. The Balaban J connectivity index is 1.27. The second kappa shape index (κ2) is 11.9. The number of esters is 1. The van der Waals surface area contributed by atoms with Gasteiger partial charge in [0.1, 0.15) is 21.7 Å². The quantitative estimate of drug-likeness (QED) is 0.230. The number of methoxy groups -OCH3 is 1. The van der Waals surface area contributed by atoms with Crippen LogP contribution in [0.25, 0.3) is 11.0 Å². The Morgan fingerprint density at radius 3 is 2.76 bits per heavy atom. The van der Waals surface area contributed by atoms with Crippen molar-refractivity contribution < 1.29 is 23.4 Å². The van der Waals surface area contributed by atoms with Crippen LogP contribution in [0.3, 0.4) is 0 Å².